The molecule has 0 saturated heterocycles. The number of hydrogen-bond donors (Lipinski definition) is 6. The van der Waals surface area contributed by atoms with Crippen LogP contribution in [0.2, 0.25) is 0 Å². The van der Waals surface area contributed by atoms with Gasteiger partial charge < -0.3 is 26.0 Å². The van der Waals surface area contributed by atoms with Crippen LogP contribution in [0.5, 0.6) is 0 Å². The number of hydrogen-bond acceptors (Lipinski definition) is 6. The van der Waals surface area contributed by atoms with Crippen molar-refractivity contribution in [2.24, 2.45) is 11.3 Å². The summed E-state index contributed by atoms with van der Waals surface area (Å²) in [5.74, 6) is -0.393. The lowest BCUT2D eigenvalue weighted by atomic mass is 9.85. The molecule has 0 aromatic heterocycles. The van der Waals surface area contributed by atoms with Gasteiger partial charge in [0.05, 0.1) is 18.7 Å². The van der Waals surface area contributed by atoms with Gasteiger partial charge in [0.1, 0.15) is 12.2 Å². The first-order valence-electron chi connectivity index (χ1n) is 14.2. The first-order chi connectivity index (χ1) is 18.5. The minimum Gasteiger partial charge on any atom is -0.389 e. The molecule has 3 atom stereocenters. The quantitative estimate of drug-likeness (QED) is 0.193. The smallest absolute Gasteiger partial charge is 0.317 e. The minimum atomic E-state index is -1.05. The molecule has 10 nitrogen and oxygen atoms in total. The van der Waals surface area contributed by atoms with E-state index in [2.05, 4.69) is 40.4 Å². The highest BCUT2D eigenvalue weighted by molar-refractivity contribution is 5.90. The van der Waals surface area contributed by atoms with Gasteiger partial charge in [0, 0.05) is 12.1 Å². The van der Waals surface area contributed by atoms with E-state index in [1.807, 2.05) is 71.9 Å². The molecule has 2 unspecified atom stereocenters. The molecule has 40 heavy (non-hydrogen) atoms. The Hall–Kier alpha value is -2.69. The molecule has 0 aliphatic heterocycles. The van der Waals surface area contributed by atoms with Crippen molar-refractivity contribution in [1.82, 2.24) is 31.5 Å². The van der Waals surface area contributed by atoms with Crippen molar-refractivity contribution in [3.63, 3.8) is 0 Å². The van der Waals surface area contributed by atoms with E-state index in [1.165, 1.54) is 0 Å². The molecule has 0 aliphatic rings. The highest BCUT2D eigenvalue weighted by atomic mass is 16.3. The summed E-state index contributed by atoms with van der Waals surface area (Å²) in [4.78, 5) is 41.3. The number of urea groups is 1. The topological polar surface area (TPSA) is 135 Å². The van der Waals surface area contributed by atoms with Crippen LogP contribution in [-0.4, -0.2) is 84.9 Å². The largest absolute Gasteiger partial charge is 0.389 e. The second-order valence-corrected chi connectivity index (χ2v) is 13.0. The molecular formula is C30H54N6O4. The first kappa shape index (κ1) is 35.3. The molecule has 1 rings (SSSR count). The number of likely N-dealkylation sites (N-methyl/N-ethyl adjacent to an activating group) is 2. The predicted molar refractivity (Wildman–Crippen MR) is 161 cm³/mol. The number of benzene rings is 1. The molecule has 0 bridgehead atoms. The Morgan fingerprint density at radius 1 is 0.900 bits per heavy atom. The summed E-state index contributed by atoms with van der Waals surface area (Å²) in [6.07, 6.45) is -0.594. The van der Waals surface area contributed by atoms with Crippen molar-refractivity contribution >= 4 is 17.8 Å². The maximum absolute atomic E-state index is 13.7. The van der Waals surface area contributed by atoms with Crippen LogP contribution in [0.15, 0.2) is 30.3 Å². The summed E-state index contributed by atoms with van der Waals surface area (Å²) >= 11 is 0. The van der Waals surface area contributed by atoms with Crippen LogP contribution in [-0.2, 0) is 16.0 Å². The molecule has 228 valence electrons. The number of nitrogens with zero attached hydrogens (tertiary/aromatic N) is 1. The first-order valence-corrected chi connectivity index (χ1v) is 14.2. The molecular weight excluding hydrogens is 508 g/mol. The Balaban J connectivity index is 3.27. The highest BCUT2D eigenvalue weighted by Crippen LogP contribution is 2.20. The Morgan fingerprint density at radius 2 is 1.48 bits per heavy atom. The molecule has 0 fully saturated rings. The van der Waals surface area contributed by atoms with Crippen molar-refractivity contribution < 1.29 is 19.5 Å². The van der Waals surface area contributed by atoms with E-state index in [-0.39, 0.29) is 18.5 Å². The van der Waals surface area contributed by atoms with Crippen molar-refractivity contribution in [2.75, 3.05) is 27.2 Å². The fraction of sp³-hybridized carbons (Fsp3) is 0.700. The number of rotatable bonds is 14. The summed E-state index contributed by atoms with van der Waals surface area (Å²) < 4.78 is 0. The average molecular weight is 563 g/mol. The summed E-state index contributed by atoms with van der Waals surface area (Å²) in [6, 6.07) is 7.75. The molecule has 0 heterocycles. The highest BCUT2D eigenvalue weighted by Gasteiger charge is 2.36. The van der Waals surface area contributed by atoms with E-state index in [0.717, 1.165) is 12.0 Å². The Morgan fingerprint density at radius 3 is 1.95 bits per heavy atom. The van der Waals surface area contributed by atoms with E-state index < -0.39 is 41.2 Å². The van der Waals surface area contributed by atoms with Crippen LogP contribution in [0.1, 0.15) is 67.4 Å². The number of aliphatic hydroxyl groups is 1. The van der Waals surface area contributed by atoms with Crippen LogP contribution in [0.4, 0.5) is 4.79 Å². The van der Waals surface area contributed by atoms with E-state index in [1.54, 1.807) is 19.0 Å². The van der Waals surface area contributed by atoms with Crippen LogP contribution < -0.4 is 26.6 Å². The van der Waals surface area contributed by atoms with Crippen molar-refractivity contribution in [1.29, 1.82) is 0 Å². The lowest BCUT2D eigenvalue weighted by Crippen LogP contribution is -2.62. The molecule has 0 radical (unpaired) electrons. The third-order valence-electron chi connectivity index (χ3n) is 6.50. The van der Waals surface area contributed by atoms with E-state index in [0.29, 0.717) is 18.9 Å². The summed E-state index contributed by atoms with van der Waals surface area (Å²) in [7, 11) is 3.31. The predicted octanol–water partition coefficient (Wildman–Crippen LogP) is 2.23. The van der Waals surface area contributed by atoms with Crippen molar-refractivity contribution in [2.45, 2.75) is 98.1 Å². The van der Waals surface area contributed by atoms with Crippen molar-refractivity contribution in [3.8, 4) is 0 Å². The van der Waals surface area contributed by atoms with Gasteiger partial charge in [-0.1, -0.05) is 65.0 Å². The van der Waals surface area contributed by atoms with Crippen LogP contribution >= 0.6 is 0 Å². The maximum Gasteiger partial charge on any atom is 0.317 e. The Bertz CT molecular complexity index is 922. The standard InChI is InChI=1S/C30H54N6O4/c1-20(2)16-17-36(28(40)35-30(6,7)8)19-23(37)22(18-21-14-12-11-13-15-21)33-26(38)24(29(3,4)5)34-27(39)25(31-9)32-10/h11-15,20,22-25,31-32,37H,16-19H2,1-10H3,(H,33,38)(H,34,39)(H,35,40)/t22-,23?,24?/m0/s1. The zero-order valence-corrected chi connectivity index (χ0v) is 26.2. The van der Waals surface area contributed by atoms with Gasteiger partial charge in [0.2, 0.25) is 5.91 Å². The maximum atomic E-state index is 13.7. The second kappa shape index (κ2) is 15.9. The van der Waals surface area contributed by atoms with E-state index in [4.69, 9.17) is 0 Å². The monoisotopic (exact) mass is 562 g/mol. The molecule has 0 spiro atoms. The zero-order valence-electron chi connectivity index (χ0n) is 26.2. The average Bonchev–Trinajstić information content (AvgIpc) is 2.83. The van der Waals surface area contributed by atoms with Crippen LogP contribution in [0, 0.1) is 11.3 Å². The van der Waals surface area contributed by atoms with Crippen LogP contribution in [0.25, 0.3) is 0 Å². The summed E-state index contributed by atoms with van der Waals surface area (Å²) in [5, 5.41) is 26.1. The summed E-state index contributed by atoms with van der Waals surface area (Å²) in [6.45, 7) is 16.0. The van der Waals surface area contributed by atoms with Gasteiger partial charge in [-0.2, -0.15) is 0 Å². The number of nitrogens with one attached hydrogen (secondary N) is 5. The van der Waals surface area contributed by atoms with E-state index in [9.17, 15) is 19.5 Å². The Labute approximate surface area is 241 Å². The van der Waals surface area contributed by atoms with Gasteiger partial charge in [-0.25, -0.2) is 4.79 Å². The third kappa shape index (κ3) is 12.7. The fourth-order valence-corrected chi connectivity index (χ4v) is 4.17. The summed E-state index contributed by atoms with van der Waals surface area (Å²) in [5.41, 5.74) is -0.113. The molecule has 0 saturated carbocycles. The number of amides is 4. The zero-order chi connectivity index (χ0) is 30.7. The molecule has 1 aromatic rings. The third-order valence-corrected chi connectivity index (χ3v) is 6.50. The van der Waals surface area contributed by atoms with Crippen LogP contribution in [0.3, 0.4) is 0 Å². The van der Waals surface area contributed by atoms with Gasteiger partial charge in [0.25, 0.3) is 5.91 Å². The SMILES string of the molecule is CNC(NC)C(=O)NC(C(=O)N[C@@H](Cc1ccccc1)C(O)CN(CCC(C)C)C(=O)NC(C)(C)C)C(C)(C)C. The van der Waals surface area contributed by atoms with Gasteiger partial charge in [-0.15, -0.1) is 0 Å². The molecule has 0 aliphatic carbocycles. The molecule has 4 amide bonds. The second-order valence-electron chi connectivity index (χ2n) is 13.0. The number of carbonyl (C=O) groups excluding carboxylic acids is 3. The molecule has 6 N–H and O–H groups in total. The van der Waals surface area contributed by atoms with Crippen molar-refractivity contribution in [3.05, 3.63) is 35.9 Å². The normalized spacial score (nSPS) is 14.4. The lowest BCUT2D eigenvalue weighted by Gasteiger charge is -2.35. The van der Waals surface area contributed by atoms with E-state index >= 15 is 0 Å². The van der Waals surface area contributed by atoms with Gasteiger partial charge in [-0.3, -0.25) is 20.2 Å². The van der Waals surface area contributed by atoms with Gasteiger partial charge in [0.15, 0.2) is 0 Å². The molecule has 1 aromatic carbocycles. The molecule has 10 heteroatoms. The van der Waals surface area contributed by atoms with Gasteiger partial charge >= 0.3 is 6.03 Å². The number of aliphatic hydroxyl groups excluding tert-OH is 1. The lowest BCUT2D eigenvalue weighted by molar-refractivity contribution is -0.133. The minimum absolute atomic E-state index is 0.0422. The Kier molecular flexibility index (Phi) is 14.1. The van der Waals surface area contributed by atoms with Gasteiger partial charge in [-0.05, 0) is 64.6 Å². The number of carbonyl (C=O) groups is 3. The fourth-order valence-electron chi connectivity index (χ4n) is 4.17.